The van der Waals surface area contributed by atoms with Gasteiger partial charge >= 0.3 is 0 Å². The lowest BCUT2D eigenvalue weighted by Crippen LogP contribution is -2.41. The molecule has 1 amide bonds. The number of amides is 1. The van der Waals surface area contributed by atoms with E-state index in [2.05, 4.69) is 6.07 Å². The molecule has 2 heterocycles. The van der Waals surface area contributed by atoms with Crippen molar-refractivity contribution in [3.63, 3.8) is 0 Å². The molecule has 0 aromatic heterocycles. The molecule has 0 aliphatic carbocycles. The van der Waals surface area contributed by atoms with Crippen molar-refractivity contribution in [1.29, 1.82) is 0 Å². The average Bonchev–Trinajstić information content (AvgIpc) is 3.27. The summed E-state index contributed by atoms with van der Waals surface area (Å²) in [6, 6.07) is 11.6. The molecule has 1 spiro atoms. The Balaban J connectivity index is 1.47. The first-order valence-electron chi connectivity index (χ1n) is 9.53. The summed E-state index contributed by atoms with van der Waals surface area (Å²) in [6.07, 6.45) is 0.695. The second-order valence-corrected chi connectivity index (χ2v) is 7.13. The minimum atomic E-state index is -1.27. The van der Waals surface area contributed by atoms with Gasteiger partial charge in [0.25, 0.3) is 11.7 Å². The molecular formula is C22H25NO5. The molecule has 0 bridgehead atoms. The van der Waals surface area contributed by atoms with E-state index in [9.17, 15) is 4.79 Å². The smallest absolute Gasteiger partial charge is 0.292 e. The third kappa shape index (κ3) is 3.12. The van der Waals surface area contributed by atoms with Gasteiger partial charge in [-0.1, -0.05) is 11.6 Å². The highest BCUT2D eigenvalue weighted by Crippen LogP contribution is 2.47. The van der Waals surface area contributed by atoms with E-state index in [0.29, 0.717) is 32.8 Å². The highest BCUT2D eigenvalue weighted by molar-refractivity contribution is 6.07. The van der Waals surface area contributed by atoms with Crippen molar-refractivity contribution in [2.45, 2.75) is 26.1 Å². The fourth-order valence-electron chi connectivity index (χ4n) is 3.95. The number of carbonyl (C=O) groups is 1. The Morgan fingerprint density at radius 3 is 2.43 bits per heavy atom. The molecule has 6 nitrogen and oxygen atoms in total. The fraction of sp³-hybridized carbons (Fsp3) is 0.409. The molecule has 2 aromatic rings. The monoisotopic (exact) mass is 383 g/mol. The molecule has 1 fully saturated rings. The van der Waals surface area contributed by atoms with E-state index >= 15 is 0 Å². The van der Waals surface area contributed by atoms with Gasteiger partial charge in [0.1, 0.15) is 11.5 Å². The number of ether oxygens (including phenoxy) is 4. The number of benzene rings is 2. The van der Waals surface area contributed by atoms with E-state index in [1.165, 1.54) is 0 Å². The molecule has 0 N–H and O–H groups in total. The predicted octanol–water partition coefficient (Wildman–Crippen LogP) is 3.33. The zero-order valence-electron chi connectivity index (χ0n) is 16.5. The van der Waals surface area contributed by atoms with Gasteiger partial charge in [-0.15, -0.1) is 0 Å². The zero-order chi connectivity index (χ0) is 19.7. The van der Waals surface area contributed by atoms with Crippen molar-refractivity contribution in [2.75, 3.05) is 38.4 Å². The molecule has 2 aliphatic heterocycles. The molecule has 0 saturated carbocycles. The van der Waals surface area contributed by atoms with Gasteiger partial charge in [0.2, 0.25) is 0 Å². The van der Waals surface area contributed by atoms with Crippen LogP contribution in [0.4, 0.5) is 5.69 Å². The number of hydrogen-bond donors (Lipinski definition) is 0. The Kier molecular flexibility index (Phi) is 5.00. The fourth-order valence-corrected chi connectivity index (χ4v) is 3.95. The number of fused-ring (bicyclic) bond motifs is 2. The Morgan fingerprint density at radius 2 is 1.75 bits per heavy atom. The second-order valence-electron chi connectivity index (χ2n) is 7.13. The molecule has 4 rings (SSSR count). The van der Waals surface area contributed by atoms with Crippen LogP contribution >= 0.6 is 0 Å². The van der Waals surface area contributed by atoms with Crippen LogP contribution in [0, 0.1) is 13.8 Å². The Bertz CT molecular complexity index is 871. The lowest BCUT2D eigenvalue weighted by molar-refractivity contribution is -0.180. The molecular weight excluding hydrogens is 358 g/mol. The van der Waals surface area contributed by atoms with Gasteiger partial charge in [-0.25, -0.2) is 0 Å². The summed E-state index contributed by atoms with van der Waals surface area (Å²) in [4.78, 5) is 15.0. The highest BCUT2D eigenvalue weighted by atomic mass is 16.7. The number of carbonyl (C=O) groups excluding carboxylic acids is 1. The van der Waals surface area contributed by atoms with Crippen LogP contribution in [-0.4, -0.2) is 39.4 Å². The van der Waals surface area contributed by atoms with Gasteiger partial charge in [0, 0.05) is 12.1 Å². The Labute approximate surface area is 165 Å². The number of nitrogens with zero attached hydrogens (tertiary/aromatic N) is 1. The topological polar surface area (TPSA) is 57.2 Å². The van der Waals surface area contributed by atoms with Gasteiger partial charge in [0.15, 0.2) is 0 Å². The lowest BCUT2D eigenvalue weighted by Gasteiger charge is -2.22. The van der Waals surface area contributed by atoms with Gasteiger partial charge in [-0.05, 0) is 56.2 Å². The summed E-state index contributed by atoms with van der Waals surface area (Å²) in [6.45, 7) is 5.93. The normalized spacial score (nSPS) is 17.2. The Morgan fingerprint density at radius 1 is 1.07 bits per heavy atom. The van der Waals surface area contributed by atoms with Gasteiger partial charge in [-0.2, -0.15) is 0 Å². The average molecular weight is 383 g/mol. The zero-order valence-corrected chi connectivity index (χ0v) is 16.5. The lowest BCUT2D eigenvalue weighted by atomic mass is 10.0. The summed E-state index contributed by atoms with van der Waals surface area (Å²) in [5, 5.41) is 0. The van der Waals surface area contributed by atoms with Gasteiger partial charge in [-0.3, -0.25) is 4.79 Å². The van der Waals surface area contributed by atoms with E-state index in [1.807, 2.05) is 44.2 Å². The minimum absolute atomic E-state index is 0.141. The molecule has 2 aliphatic rings. The number of rotatable bonds is 6. The Hall–Kier alpha value is -2.57. The van der Waals surface area contributed by atoms with Crippen molar-refractivity contribution in [3.05, 3.63) is 53.1 Å². The van der Waals surface area contributed by atoms with Crippen LogP contribution in [0.3, 0.4) is 0 Å². The summed E-state index contributed by atoms with van der Waals surface area (Å²) in [5.74, 6) is 0.153. The van der Waals surface area contributed by atoms with E-state index in [-0.39, 0.29) is 5.91 Å². The molecule has 148 valence electrons. The molecule has 1 saturated heterocycles. The number of aryl methyl sites for hydroxylation is 2. The van der Waals surface area contributed by atoms with Crippen molar-refractivity contribution in [2.24, 2.45) is 0 Å². The van der Waals surface area contributed by atoms with E-state index in [1.54, 1.807) is 12.0 Å². The van der Waals surface area contributed by atoms with E-state index in [0.717, 1.165) is 33.9 Å². The summed E-state index contributed by atoms with van der Waals surface area (Å²) in [7, 11) is 1.63. The summed E-state index contributed by atoms with van der Waals surface area (Å²) >= 11 is 0. The molecule has 0 radical (unpaired) electrons. The van der Waals surface area contributed by atoms with Crippen molar-refractivity contribution >= 4 is 11.6 Å². The van der Waals surface area contributed by atoms with E-state index < -0.39 is 5.79 Å². The minimum Gasteiger partial charge on any atom is -0.497 e. The molecule has 0 unspecified atom stereocenters. The van der Waals surface area contributed by atoms with Gasteiger partial charge in [0.05, 0.1) is 32.6 Å². The first-order chi connectivity index (χ1) is 13.5. The van der Waals surface area contributed by atoms with Crippen LogP contribution in [0.1, 0.15) is 23.1 Å². The summed E-state index contributed by atoms with van der Waals surface area (Å²) in [5.41, 5.74) is 3.87. The molecule has 2 aromatic carbocycles. The van der Waals surface area contributed by atoms with Crippen LogP contribution < -0.4 is 14.4 Å². The first-order valence-corrected chi connectivity index (χ1v) is 9.53. The van der Waals surface area contributed by atoms with Crippen molar-refractivity contribution < 1.29 is 23.7 Å². The number of methoxy groups -OCH3 is 1. The maximum absolute atomic E-state index is 13.2. The van der Waals surface area contributed by atoms with Crippen LogP contribution in [0.25, 0.3) is 0 Å². The molecule has 0 atom stereocenters. The van der Waals surface area contributed by atoms with Crippen LogP contribution in [0.5, 0.6) is 11.5 Å². The molecule has 28 heavy (non-hydrogen) atoms. The SMILES string of the molecule is COc1ccc(OCCCN2C(=O)C3(OCCO3)c3cc(C)cc(C)c32)cc1. The number of hydrogen-bond acceptors (Lipinski definition) is 5. The van der Waals surface area contributed by atoms with E-state index in [4.69, 9.17) is 18.9 Å². The number of anilines is 1. The van der Waals surface area contributed by atoms with Crippen LogP contribution in [-0.2, 0) is 20.1 Å². The third-order valence-corrected chi connectivity index (χ3v) is 5.14. The second kappa shape index (κ2) is 7.45. The van der Waals surface area contributed by atoms with Crippen LogP contribution in [0.15, 0.2) is 36.4 Å². The van der Waals surface area contributed by atoms with Gasteiger partial charge < -0.3 is 23.8 Å². The maximum atomic E-state index is 13.2. The highest BCUT2D eigenvalue weighted by Gasteiger charge is 2.56. The van der Waals surface area contributed by atoms with Crippen LogP contribution in [0.2, 0.25) is 0 Å². The standard InChI is InChI=1S/C22H25NO5/c1-15-13-16(2)20-19(14-15)22(27-11-12-28-22)21(24)23(20)9-4-10-26-18-7-5-17(25-3)6-8-18/h5-8,13-14H,4,9-12H2,1-3H3. The summed E-state index contributed by atoms with van der Waals surface area (Å²) < 4.78 is 22.6. The molecule has 6 heteroatoms. The largest absolute Gasteiger partial charge is 0.497 e. The van der Waals surface area contributed by atoms with Crippen molar-refractivity contribution in [1.82, 2.24) is 0 Å². The predicted molar refractivity (Wildman–Crippen MR) is 105 cm³/mol. The van der Waals surface area contributed by atoms with Crippen molar-refractivity contribution in [3.8, 4) is 11.5 Å². The maximum Gasteiger partial charge on any atom is 0.292 e. The third-order valence-electron chi connectivity index (χ3n) is 5.14. The first kappa shape index (κ1) is 18.8. The quantitative estimate of drug-likeness (QED) is 0.716.